The van der Waals surface area contributed by atoms with Gasteiger partial charge in [-0.2, -0.15) is 0 Å². The molecular formula is C11H14ClNO2. The number of alkyl halides is 1. The van der Waals surface area contributed by atoms with E-state index in [0.717, 1.165) is 5.56 Å². The van der Waals surface area contributed by atoms with Crippen molar-refractivity contribution >= 4 is 17.6 Å². The van der Waals surface area contributed by atoms with Crippen LogP contribution < -0.4 is 5.32 Å². The summed E-state index contributed by atoms with van der Waals surface area (Å²) in [5, 5.41) is 11.7. The van der Waals surface area contributed by atoms with Crippen LogP contribution in [0, 0.1) is 0 Å². The highest BCUT2D eigenvalue weighted by atomic mass is 35.5. The van der Waals surface area contributed by atoms with E-state index in [9.17, 15) is 4.79 Å². The number of hydrogen-bond acceptors (Lipinski definition) is 2. The zero-order valence-corrected chi connectivity index (χ0v) is 9.07. The van der Waals surface area contributed by atoms with Crippen LogP contribution in [0.15, 0.2) is 30.3 Å². The van der Waals surface area contributed by atoms with Crippen molar-refractivity contribution in [2.45, 2.75) is 19.0 Å². The van der Waals surface area contributed by atoms with Crippen molar-refractivity contribution in [3.63, 3.8) is 0 Å². The molecule has 0 amide bonds. The standard InChI is InChI=1S/C11H14ClNO2/c12-7-10(6-11(14)15)13-8-9-4-2-1-3-5-9/h1-5,10,13H,6-8H2,(H,14,15)/t10-/m1/s1. The number of hydrogen-bond donors (Lipinski definition) is 2. The highest BCUT2D eigenvalue weighted by Crippen LogP contribution is 2.01. The molecule has 2 N–H and O–H groups in total. The summed E-state index contributed by atoms with van der Waals surface area (Å²) in [6.07, 6.45) is 0.0519. The molecule has 0 unspecified atom stereocenters. The van der Waals surface area contributed by atoms with E-state index < -0.39 is 5.97 Å². The Morgan fingerprint density at radius 3 is 2.60 bits per heavy atom. The molecule has 0 radical (unpaired) electrons. The number of carbonyl (C=O) groups is 1. The summed E-state index contributed by atoms with van der Waals surface area (Å²) in [5.74, 6) is -0.528. The maximum absolute atomic E-state index is 10.5. The number of benzene rings is 1. The molecule has 82 valence electrons. The molecule has 4 heteroatoms. The molecule has 0 aromatic heterocycles. The summed E-state index contributed by atoms with van der Waals surface area (Å²) >= 11 is 5.65. The van der Waals surface area contributed by atoms with Gasteiger partial charge in [0.2, 0.25) is 0 Å². The minimum atomic E-state index is -0.832. The second-order valence-corrected chi connectivity index (χ2v) is 3.62. The van der Waals surface area contributed by atoms with Gasteiger partial charge in [0.25, 0.3) is 0 Å². The Hall–Kier alpha value is -1.06. The SMILES string of the molecule is O=C(O)C[C@H](CCl)NCc1ccccc1. The number of halogens is 1. The van der Waals surface area contributed by atoms with Crippen LogP contribution in [0.4, 0.5) is 0 Å². The van der Waals surface area contributed by atoms with E-state index in [4.69, 9.17) is 16.7 Å². The van der Waals surface area contributed by atoms with Gasteiger partial charge in [-0.3, -0.25) is 4.79 Å². The molecule has 1 atom stereocenters. The molecular weight excluding hydrogens is 214 g/mol. The predicted molar refractivity (Wildman–Crippen MR) is 60.0 cm³/mol. The average Bonchev–Trinajstić information content (AvgIpc) is 2.25. The van der Waals surface area contributed by atoms with Crippen molar-refractivity contribution in [1.82, 2.24) is 5.32 Å². The van der Waals surface area contributed by atoms with Gasteiger partial charge in [-0.15, -0.1) is 11.6 Å². The Labute approximate surface area is 94.1 Å². The van der Waals surface area contributed by atoms with E-state index in [0.29, 0.717) is 12.4 Å². The molecule has 0 aliphatic carbocycles. The van der Waals surface area contributed by atoms with Crippen LogP contribution in [0.1, 0.15) is 12.0 Å². The number of carboxylic acid groups (broad SMARTS) is 1. The maximum Gasteiger partial charge on any atom is 0.304 e. The number of nitrogens with one attached hydrogen (secondary N) is 1. The van der Waals surface area contributed by atoms with Crippen molar-refractivity contribution in [1.29, 1.82) is 0 Å². The van der Waals surface area contributed by atoms with Crippen molar-refractivity contribution in [3.8, 4) is 0 Å². The van der Waals surface area contributed by atoms with E-state index in [1.54, 1.807) is 0 Å². The van der Waals surface area contributed by atoms with E-state index >= 15 is 0 Å². The van der Waals surface area contributed by atoms with E-state index in [2.05, 4.69) is 5.32 Å². The fraction of sp³-hybridized carbons (Fsp3) is 0.364. The largest absolute Gasteiger partial charge is 0.481 e. The monoisotopic (exact) mass is 227 g/mol. The van der Waals surface area contributed by atoms with Gasteiger partial charge in [-0.05, 0) is 5.56 Å². The Balaban J connectivity index is 2.37. The van der Waals surface area contributed by atoms with Crippen LogP contribution in [0.3, 0.4) is 0 Å². The lowest BCUT2D eigenvalue weighted by molar-refractivity contribution is -0.137. The van der Waals surface area contributed by atoms with Gasteiger partial charge >= 0.3 is 5.97 Å². The van der Waals surface area contributed by atoms with Crippen LogP contribution in [0.2, 0.25) is 0 Å². The van der Waals surface area contributed by atoms with Crippen LogP contribution in [-0.2, 0) is 11.3 Å². The predicted octanol–water partition coefficient (Wildman–Crippen LogP) is 1.86. The third kappa shape index (κ3) is 4.81. The lowest BCUT2D eigenvalue weighted by atomic mass is 10.2. The molecule has 0 aliphatic heterocycles. The molecule has 1 rings (SSSR count). The first kappa shape index (κ1) is 12.0. The number of carboxylic acids is 1. The Kier molecular flexibility index (Phi) is 5.15. The van der Waals surface area contributed by atoms with E-state index in [1.165, 1.54) is 0 Å². The normalized spacial score (nSPS) is 12.3. The minimum absolute atomic E-state index is 0.0519. The molecule has 1 aromatic rings. The topological polar surface area (TPSA) is 49.3 Å². The lowest BCUT2D eigenvalue weighted by Gasteiger charge is -2.13. The summed E-state index contributed by atoms with van der Waals surface area (Å²) in [6.45, 7) is 0.644. The highest BCUT2D eigenvalue weighted by molar-refractivity contribution is 6.18. The molecule has 0 heterocycles. The third-order valence-corrected chi connectivity index (χ3v) is 2.42. The molecule has 0 saturated carbocycles. The van der Waals surface area contributed by atoms with Gasteiger partial charge in [-0.1, -0.05) is 30.3 Å². The summed E-state index contributed by atoms with van der Waals surface area (Å²) in [7, 11) is 0. The summed E-state index contributed by atoms with van der Waals surface area (Å²) in [6, 6.07) is 9.63. The number of rotatable bonds is 6. The Morgan fingerprint density at radius 1 is 1.40 bits per heavy atom. The van der Waals surface area contributed by atoms with Gasteiger partial charge in [0.05, 0.1) is 6.42 Å². The van der Waals surface area contributed by atoms with Gasteiger partial charge in [-0.25, -0.2) is 0 Å². The first-order valence-corrected chi connectivity index (χ1v) is 5.31. The van der Waals surface area contributed by atoms with Crippen molar-refractivity contribution in [2.75, 3.05) is 5.88 Å². The smallest absolute Gasteiger partial charge is 0.304 e. The van der Waals surface area contributed by atoms with E-state index in [1.807, 2.05) is 30.3 Å². The van der Waals surface area contributed by atoms with Gasteiger partial charge in [0.15, 0.2) is 0 Å². The van der Waals surface area contributed by atoms with E-state index in [-0.39, 0.29) is 12.5 Å². The first-order chi connectivity index (χ1) is 7.22. The van der Waals surface area contributed by atoms with Crippen LogP contribution in [0.25, 0.3) is 0 Å². The van der Waals surface area contributed by atoms with Crippen LogP contribution in [0.5, 0.6) is 0 Å². The summed E-state index contributed by atoms with van der Waals surface area (Å²) in [4.78, 5) is 10.5. The fourth-order valence-corrected chi connectivity index (χ4v) is 1.47. The van der Waals surface area contributed by atoms with Gasteiger partial charge in [0.1, 0.15) is 0 Å². The zero-order chi connectivity index (χ0) is 11.1. The molecule has 0 spiro atoms. The molecule has 0 saturated heterocycles. The zero-order valence-electron chi connectivity index (χ0n) is 8.32. The second kappa shape index (κ2) is 6.43. The second-order valence-electron chi connectivity index (χ2n) is 3.32. The molecule has 0 aliphatic rings. The quantitative estimate of drug-likeness (QED) is 0.730. The minimum Gasteiger partial charge on any atom is -0.481 e. The highest BCUT2D eigenvalue weighted by Gasteiger charge is 2.10. The Bertz CT molecular complexity index is 303. The maximum atomic E-state index is 10.5. The Morgan fingerprint density at radius 2 is 2.07 bits per heavy atom. The number of aliphatic carboxylic acids is 1. The van der Waals surface area contributed by atoms with Crippen LogP contribution >= 0.6 is 11.6 Å². The molecule has 0 bridgehead atoms. The molecule has 3 nitrogen and oxygen atoms in total. The van der Waals surface area contributed by atoms with Crippen LogP contribution in [-0.4, -0.2) is 23.0 Å². The van der Waals surface area contributed by atoms with Crippen molar-refractivity contribution < 1.29 is 9.90 Å². The van der Waals surface area contributed by atoms with Gasteiger partial charge < -0.3 is 10.4 Å². The average molecular weight is 228 g/mol. The summed E-state index contributed by atoms with van der Waals surface area (Å²) < 4.78 is 0. The fourth-order valence-electron chi connectivity index (χ4n) is 1.25. The molecule has 15 heavy (non-hydrogen) atoms. The lowest BCUT2D eigenvalue weighted by Crippen LogP contribution is -2.32. The summed E-state index contributed by atoms with van der Waals surface area (Å²) in [5.41, 5.74) is 1.12. The molecule has 1 aromatic carbocycles. The van der Waals surface area contributed by atoms with Crippen molar-refractivity contribution in [3.05, 3.63) is 35.9 Å². The van der Waals surface area contributed by atoms with Gasteiger partial charge in [0, 0.05) is 18.5 Å². The first-order valence-electron chi connectivity index (χ1n) is 4.77. The molecule has 0 fully saturated rings. The van der Waals surface area contributed by atoms with Crippen molar-refractivity contribution in [2.24, 2.45) is 0 Å². The third-order valence-electron chi connectivity index (χ3n) is 2.04.